The van der Waals surface area contributed by atoms with Crippen LogP contribution in [-0.4, -0.2) is 32.4 Å². The summed E-state index contributed by atoms with van der Waals surface area (Å²) in [6, 6.07) is 6.71. The number of aliphatic hydroxyl groups is 1. The fourth-order valence-corrected chi connectivity index (χ4v) is 3.03. The number of aryl methyl sites for hydroxylation is 1. The molecule has 0 amide bonds. The van der Waals surface area contributed by atoms with Crippen LogP contribution in [0.1, 0.15) is 29.3 Å². The second kappa shape index (κ2) is 5.58. The van der Waals surface area contributed by atoms with Gasteiger partial charge in [-0.3, -0.25) is 9.58 Å². The van der Waals surface area contributed by atoms with E-state index in [9.17, 15) is 9.50 Å². The monoisotopic (exact) mass is 289 g/mol. The molecule has 2 heterocycles. The lowest BCUT2D eigenvalue weighted by Crippen LogP contribution is -2.24. The normalized spacial score (nSPS) is 22.9. The van der Waals surface area contributed by atoms with Gasteiger partial charge in [0.2, 0.25) is 0 Å². The van der Waals surface area contributed by atoms with Crippen molar-refractivity contribution in [1.29, 1.82) is 0 Å². The lowest BCUT2D eigenvalue weighted by molar-refractivity contribution is 0.172. The number of hydrogen-bond acceptors (Lipinski definition) is 3. The number of likely N-dealkylation sites (tertiary alicyclic amines) is 1. The van der Waals surface area contributed by atoms with Crippen LogP contribution in [0.5, 0.6) is 0 Å². The highest BCUT2D eigenvalue weighted by atomic mass is 19.1. The topological polar surface area (TPSA) is 41.3 Å². The standard InChI is InChI=1S/C16H20FN3O/c1-11-13(8-18-19(11)2)9-20-10-15(21)7-16(20)12-4-3-5-14(17)6-12/h3-6,8,15-16,21H,7,9-10H2,1-2H3/t15-,16+/m1/s1. The van der Waals surface area contributed by atoms with E-state index in [1.165, 1.54) is 6.07 Å². The molecule has 1 aromatic carbocycles. The Morgan fingerprint density at radius 2 is 2.24 bits per heavy atom. The number of hydrogen-bond donors (Lipinski definition) is 1. The number of β-amino-alcohol motifs (C(OH)–C–C–N with tert-alkyl or cyclic N) is 1. The Hall–Kier alpha value is -1.72. The number of aliphatic hydroxyl groups excluding tert-OH is 1. The molecule has 1 aromatic heterocycles. The minimum absolute atomic E-state index is 0.0512. The van der Waals surface area contributed by atoms with Crippen LogP contribution >= 0.6 is 0 Å². The van der Waals surface area contributed by atoms with Gasteiger partial charge in [0.15, 0.2) is 0 Å². The van der Waals surface area contributed by atoms with E-state index in [2.05, 4.69) is 10.00 Å². The van der Waals surface area contributed by atoms with Crippen molar-refractivity contribution in [3.63, 3.8) is 0 Å². The van der Waals surface area contributed by atoms with Crippen molar-refractivity contribution in [3.05, 3.63) is 53.1 Å². The molecular weight excluding hydrogens is 269 g/mol. The van der Waals surface area contributed by atoms with Crippen molar-refractivity contribution < 1.29 is 9.50 Å². The fraction of sp³-hybridized carbons (Fsp3) is 0.438. The third kappa shape index (κ3) is 2.84. The summed E-state index contributed by atoms with van der Waals surface area (Å²) in [6.45, 7) is 3.36. The van der Waals surface area contributed by atoms with Gasteiger partial charge in [0, 0.05) is 37.4 Å². The van der Waals surface area contributed by atoms with E-state index in [1.54, 1.807) is 12.1 Å². The van der Waals surface area contributed by atoms with Gasteiger partial charge in [0.05, 0.1) is 12.3 Å². The summed E-state index contributed by atoms with van der Waals surface area (Å²) in [5, 5.41) is 14.3. The molecule has 0 bridgehead atoms. The molecule has 5 heteroatoms. The molecule has 21 heavy (non-hydrogen) atoms. The minimum Gasteiger partial charge on any atom is -0.392 e. The molecule has 112 valence electrons. The highest BCUT2D eigenvalue weighted by Crippen LogP contribution is 2.33. The van der Waals surface area contributed by atoms with Crippen LogP contribution in [0.25, 0.3) is 0 Å². The molecule has 1 saturated heterocycles. The van der Waals surface area contributed by atoms with Gasteiger partial charge in [-0.25, -0.2) is 4.39 Å². The van der Waals surface area contributed by atoms with E-state index in [4.69, 9.17) is 0 Å². The van der Waals surface area contributed by atoms with Crippen molar-refractivity contribution >= 4 is 0 Å². The Labute approximate surface area is 123 Å². The molecule has 1 fully saturated rings. The van der Waals surface area contributed by atoms with Crippen molar-refractivity contribution in [3.8, 4) is 0 Å². The SMILES string of the molecule is Cc1c(CN2C[C@H](O)C[C@H]2c2cccc(F)c2)cnn1C. The van der Waals surface area contributed by atoms with Crippen molar-refractivity contribution in [1.82, 2.24) is 14.7 Å². The molecule has 1 aliphatic heterocycles. The Bertz CT molecular complexity index is 640. The van der Waals surface area contributed by atoms with E-state index < -0.39 is 0 Å². The number of aromatic nitrogens is 2. The van der Waals surface area contributed by atoms with Crippen LogP contribution in [0.3, 0.4) is 0 Å². The van der Waals surface area contributed by atoms with Gasteiger partial charge < -0.3 is 5.11 Å². The summed E-state index contributed by atoms with van der Waals surface area (Å²) in [6.07, 6.45) is 2.14. The van der Waals surface area contributed by atoms with Crippen LogP contribution in [0.4, 0.5) is 4.39 Å². The average molecular weight is 289 g/mol. The van der Waals surface area contributed by atoms with Crippen molar-refractivity contribution in [2.45, 2.75) is 32.0 Å². The van der Waals surface area contributed by atoms with Gasteiger partial charge in [-0.15, -0.1) is 0 Å². The first-order valence-corrected chi connectivity index (χ1v) is 7.19. The molecule has 1 N–H and O–H groups in total. The number of benzene rings is 1. The maximum atomic E-state index is 13.4. The first-order chi connectivity index (χ1) is 10.0. The summed E-state index contributed by atoms with van der Waals surface area (Å²) in [5.41, 5.74) is 3.19. The van der Waals surface area contributed by atoms with Gasteiger partial charge in [-0.1, -0.05) is 12.1 Å². The number of rotatable bonds is 3. The smallest absolute Gasteiger partial charge is 0.123 e. The molecule has 0 unspecified atom stereocenters. The van der Waals surface area contributed by atoms with Gasteiger partial charge in [0.1, 0.15) is 5.82 Å². The lowest BCUT2D eigenvalue weighted by atomic mass is 10.0. The zero-order chi connectivity index (χ0) is 15.0. The predicted octanol–water partition coefficient (Wildman–Crippen LogP) is 2.18. The average Bonchev–Trinajstić information content (AvgIpc) is 2.96. The third-order valence-electron chi connectivity index (χ3n) is 4.33. The number of nitrogens with zero attached hydrogens (tertiary/aromatic N) is 3. The maximum absolute atomic E-state index is 13.4. The predicted molar refractivity (Wildman–Crippen MR) is 78.1 cm³/mol. The van der Waals surface area contributed by atoms with Crippen molar-refractivity contribution in [2.24, 2.45) is 7.05 Å². The Morgan fingerprint density at radius 1 is 1.43 bits per heavy atom. The highest BCUT2D eigenvalue weighted by molar-refractivity contribution is 5.23. The van der Waals surface area contributed by atoms with Gasteiger partial charge in [-0.2, -0.15) is 5.10 Å². The van der Waals surface area contributed by atoms with Crippen molar-refractivity contribution in [2.75, 3.05) is 6.54 Å². The molecule has 3 rings (SSSR count). The summed E-state index contributed by atoms with van der Waals surface area (Å²) in [4.78, 5) is 2.20. The summed E-state index contributed by atoms with van der Waals surface area (Å²) >= 11 is 0. The van der Waals surface area contributed by atoms with Gasteiger partial charge in [0.25, 0.3) is 0 Å². The fourth-order valence-electron chi connectivity index (χ4n) is 3.03. The van der Waals surface area contributed by atoms with Crippen LogP contribution < -0.4 is 0 Å². The Balaban J connectivity index is 1.84. The molecule has 0 radical (unpaired) electrons. The molecule has 0 aliphatic carbocycles. The molecule has 4 nitrogen and oxygen atoms in total. The van der Waals surface area contributed by atoms with Gasteiger partial charge in [-0.05, 0) is 31.0 Å². The summed E-state index contributed by atoms with van der Waals surface area (Å²) < 4.78 is 15.3. The van der Waals surface area contributed by atoms with Crippen LogP contribution in [0.2, 0.25) is 0 Å². The Kier molecular flexibility index (Phi) is 3.78. The van der Waals surface area contributed by atoms with E-state index in [1.807, 2.05) is 30.9 Å². The molecule has 1 aliphatic rings. The summed E-state index contributed by atoms with van der Waals surface area (Å²) in [7, 11) is 1.92. The van der Waals surface area contributed by atoms with E-state index in [0.717, 1.165) is 23.4 Å². The van der Waals surface area contributed by atoms with E-state index in [-0.39, 0.29) is 18.0 Å². The highest BCUT2D eigenvalue weighted by Gasteiger charge is 2.32. The minimum atomic E-state index is -0.366. The molecule has 2 aromatic rings. The van der Waals surface area contributed by atoms with Crippen LogP contribution in [0.15, 0.2) is 30.5 Å². The largest absolute Gasteiger partial charge is 0.392 e. The molecule has 2 atom stereocenters. The second-order valence-electron chi connectivity index (χ2n) is 5.77. The third-order valence-corrected chi connectivity index (χ3v) is 4.33. The van der Waals surface area contributed by atoms with Crippen LogP contribution in [-0.2, 0) is 13.6 Å². The first kappa shape index (κ1) is 14.2. The van der Waals surface area contributed by atoms with E-state index >= 15 is 0 Å². The zero-order valence-electron chi connectivity index (χ0n) is 12.3. The first-order valence-electron chi connectivity index (χ1n) is 7.19. The summed E-state index contributed by atoms with van der Waals surface area (Å²) in [5.74, 6) is -0.230. The molecule has 0 spiro atoms. The van der Waals surface area contributed by atoms with E-state index in [0.29, 0.717) is 13.0 Å². The second-order valence-corrected chi connectivity index (χ2v) is 5.77. The Morgan fingerprint density at radius 3 is 2.90 bits per heavy atom. The maximum Gasteiger partial charge on any atom is 0.123 e. The quantitative estimate of drug-likeness (QED) is 0.941. The zero-order valence-corrected chi connectivity index (χ0v) is 12.3. The molecule has 0 saturated carbocycles. The van der Waals surface area contributed by atoms with Crippen LogP contribution in [0, 0.1) is 12.7 Å². The number of halogens is 1. The molecular formula is C16H20FN3O. The van der Waals surface area contributed by atoms with Gasteiger partial charge >= 0.3 is 0 Å². The lowest BCUT2D eigenvalue weighted by Gasteiger charge is -2.24.